The Hall–Kier alpha value is -4.62. The van der Waals surface area contributed by atoms with Gasteiger partial charge in [-0.25, -0.2) is 0 Å². The van der Waals surface area contributed by atoms with E-state index in [0.717, 1.165) is 0 Å². The van der Waals surface area contributed by atoms with Crippen molar-refractivity contribution >= 4 is 75.5 Å². The molecule has 0 spiro atoms. The molecule has 0 atom stereocenters. The molecule has 1 nitrogen and oxygen atoms in total. The molecule has 1 aromatic heterocycles. The lowest BCUT2D eigenvalue weighted by molar-refractivity contribution is 1.48. The van der Waals surface area contributed by atoms with E-state index in [4.69, 9.17) is 0 Å². The first-order valence-corrected chi connectivity index (χ1v) is 12.2. The van der Waals surface area contributed by atoms with Gasteiger partial charge in [-0.15, -0.1) is 0 Å². The van der Waals surface area contributed by atoms with Gasteiger partial charge < -0.3 is 4.98 Å². The Bertz CT molecular complexity index is 2160. The monoisotopic (exact) mass is 441 g/mol. The summed E-state index contributed by atoms with van der Waals surface area (Å²) >= 11 is 0. The maximum atomic E-state index is 3.87. The number of rotatable bonds is 1. The fourth-order valence-corrected chi connectivity index (χ4v) is 6.58. The molecular formula is C34H19N. The first-order valence-electron chi connectivity index (χ1n) is 12.2. The molecule has 9 rings (SSSR count). The Kier molecular flexibility index (Phi) is 3.09. The standard InChI is InChI=1S/C34H19N/c1-4-19-10-13-23-14-16-24(26-17-15-20(5-1)30(19)31(23)26)29-18-28-25-8-2-6-21-11-12-22-7-3-9-27(34(28)35-29)33(22)32(21)25/h1-18,35H. The zero-order valence-electron chi connectivity index (χ0n) is 18.9. The molecule has 0 bridgehead atoms. The zero-order valence-corrected chi connectivity index (χ0v) is 18.9. The minimum Gasteiger partial charge on any atom is -0.354 e. The van der Waals surface area contributed by atoms with Crippen LogP contribution in [0.4, 0.5) is 0 Å². The molecule has 0 saturated carbocycles. The fraction of sp³-hybridized carbons (Fsp3) is 0. The van der Waals surface area contributed by atoms with Crippen LogP contribution in [0, 0.1) is 0 Å². The van der Waals surface area contributed by atoms with E-state index >= 15 is 0 Å². The van der Waals surface area contributed by atoms with Crippen LogP contribution in [0.1, 0.15) is 0 Å². The lowest BCUT2D eigenvalue weighted by Gasteiger charge is -2.13. The quantitative estimate of drug-likeness (QED) is 0.244. The van der Waals surface area contributed by atoms with E-state index in [0.29, 0.717) is 0 Å². The van der Waals surface area contributed by atoms with Gasteiger partial charge in [0, 0.05) is 22.0 Å². The number of fused-ring (bicyclic) bond motifs is 3. The van der Waals surface area contributed by atoms with Crippen LogP contribution in [0.3, 0.4) is 0 Å². The summed E-state index contributed by atoms with van der Waals surface area (Å²) in [6.07, 6.45) is 0. The van der Waals surface area contributed by atoms with Crippen LogP contribution >= 0.6 is 0 Å². The molecule has 35 heavy (non-hydrogen) atoms. The average Bonchev–Trinajstić information content (AvgIpc) is 3.36. The molecule has 0 aliphatic carbocycles. The van der Waals surface area contributed by atoms with Crippen molar-refractivity contribution in [3.05, 3.63) is 109 Å². The summed E-state index contributed by atoms with van der Waals surface area (Å²) in [6, 6.07) is 40.5. The highest BCUT2D eigenvalue weighted by molar-refractivity contribution is 6.34. The van der Waals surface area contributed by atoms with Crippen molar-refractivity contribution in [1.29, 1.82) is 0 Å². The van der Waals surface area contributed by atoms with Crippen molar-refractivity contribution < 1.29 is 0 Å². The van der Waals surface area contributed by atoms with Crippen molar-refractivity contribution in [3.63, 3.8) is 0 Å². The highest BCUT2D eigenvalue weighted by atomic mass is 14.7. The van der Waals surface area contributed by atoms with E-state index in [-0.39, 0.29) is 0 Å². The van der Waals surface area contributed by atoms with Crippen molar-refractivity contribution in [2.45, 2.75) is 0 Å². The van der Waals surface area contributed by atoms with Gasteiger partial charge in [0.2, 0.25) is 0 Å². The highest BCUT2D eigenvalue weighted by Crippen LogP contribution is 2.44. The van der Waals surface area contributed by atoms with Crippen molar-refractivity contribution in [2.75, 3.05) is 0 Å². The van der Waals surface area contributed by atoms with Crippen LogP contribution < -0.4 is 0 Å². The second-order valence-corrected chi connectivity index (χ2v) is 9.81. The lowest BCUT2D eigenvalue weighted by Crippen LogP contribution is -1.87. The predicted octanol–water partition coefficient (Wildman–Crippen LogP) is 9.63. The minimum absolute atomic E-state index is 1.18. The topological polar surface area (TPSA) is 15.8 Å². The van der Waals surface area contributed by atoms with Gasteiger partial charge in [-0.3, -0.25) is 0 Å². The first-order chi connectivity index (χ1) is 17.3. The Morgan fingerprint density at radius 3 is 1.63 bits per heavy atom. The van der Waals surface area contributed by atoms with Crippen LogP contribution in [0.25, 0.3) is 86.8 Å². The number of aromatic amines is 1. The third kappa shape index (κ3) is 2.14. The van der Waals surface area contributed by atoms with E-state index in [1.165, 1.54) is 86.8 Å². The van der Waals surface area contributed by atoms with Gasteiger partial charge in [0.05, 0.1) is 5.52 Å². The van der Waals surface area contributed by atoms with E-state index in [9.17, 15) is 0 Å². The van der Waals surface area contributed by atoms with Gasteiger partial charge in [0.15, 0.2) is 0 Å². The normalized spacial score (nSPS) is 12.6. The van der Waals surface area contributed by atoms with Crippen molar-refractivity contribution in [2.24, 2.45) is 0 Å². The van der Waals surface area contributed by atoms with Gasteiger partial charge in [0.1, 0.15) is 0 Å². The number of benzene rings is 8. The van der Waals surface area contributed by atoms with Crippen LogP contribution in [0.2, 0.25) is 0 Å². The summed E-state index contributed by atoms with van der Waals surface area (Å²) in [7, 11) is 0. The summed E-state index contributed by atoms with van der Waals surface area (Å²) in [6.45, 7) is 0. The summed E-state index contributed by atoms with van der Waals surface area (Å²) in [5, 5.41) is 17.2. The molecule has 0 aliphatic heterocycles. The SMILES string of the molecule is c1cc2ccc3ccc(-c4cc5c6cccc7ccc8cccc(c5[nH]4)c8c76)c4ccc(c1)c2c34. The molecule has 0 saturated heterocycles. The molecule has 0 unspecified atom stereocenters. The number of H-pyrrole nitrogens is 1. The second-order valence-electron chi connectivity index (χ2n) is 9.81. The molecule has 160 valence electrons. The molecule has 0 amide bonds. The van der Waals surface area contributed by atoms with E-state index < -0.39 is 0 Å². The van der Waals surface area contributed by atoms with Gasteiger partial charge in [-0.2, -0.15) is 0 Å². The molecule has 0 fully saturated rings. The summed E-state index contributed by atoms with van der Waals surface area (Å²) in [5.74, 6) is 0. The van der Waals surface area contributed by atoms with Crippen LogP contribution in [0.15, 0.2) is 109 Å². The van der Waals surface area contributed by atoms with Crippen LogP contribution in [0.5, 0.6) is 0 Å². The van der Waals surface area contributed by atoms with Gasteiger partial charge in [-0.05, 0) is 65.3 Å². The smallest absolute Gasteiger partial charge is 0.0545 e. The number of nitrogens with one attached hydrogen (secondary N) is 1. The fourth-order valence-electron chi connectivity index (χ4n) is 6.58. The van der Waals surface area contributed by atoms with E-state index in [2.05, 4.69) is 114 Å². The predicted molar refractivity (Wildman–Crippen MR) is 151 cm³/mol. The summed E-state index contributed by atoms with van der Waals surface area (Å²) < 4.78 is 0. The third-order valence-corrected chi connectivity index (χ3v) is 8.08. The van der Waals surface area contributed by atoms with E-state index in [1.807, 2.05) is 0 Å². The Morgan fingerprint density at radius 2 is 0.886 bits per heavy atom. The average molecular weight is 442 g/mol. The van der Waals surface area contributed by atoms with Gasteiger partial charge in [0.25, 0.3) is 0 Å². The molecule has 8 aromatic carbocycles. The molecular weight excluding hydrogens is 422 g/mol. The lowest BCUT2D eigenvalue weighted by atomic mass is 9.91. The number of aromatic nitrogens is 1. The first kappa shape index (κ1) is 17.8. The molecule has 1 heterocycles. The molecule has 0 aliphatic rings. The maximum Gasteiger partial charge on any atom is 0.0545 e. The van der Waals surface area contributed by atoms with Crippen molar-refractivity contribution in [3.8, 4) is 11.3 Å². The largest absolute Gasteiger partial charge is 0.354 e. The Balaban J connectivity index is 1.46. The molecule has 9 aromatic rings. The minimum atomic E-state index is 1.18. The Labute approximate surface area is 200 Å². The second kappa shape index (κ2) is 6.08. The highest BCUT2D eigenvalue weighted by Gasteiger charge is 2.17. The number of hydrogen-bond donors (Lipinski definition) is 1. The third-order valence-electron chi connectivity index (χ3n) is 8.08. The Morgan fingerprint density at radius 1 is 0.371 bits per heavy atom. The molecule has 1 N–H and O–H groups in total. The zero-order chi connectivity index (χ0) is 22.7. The summed E-state index contributed by atoms with van der Waals surface area (Å²) in [5.41, 5.74) is 3.66. The summed E-state index contributed by atoms with van der Waals surface area (Å²) in [4.78, 5) is 3.87. The van der Waals surface area contributed by atoms with Crippen molar-refractivity contribution in [1.82, 2.24) is 4.98 Å². The maximum absolute atomic E-state index is 3.87. The van der Waals surface area contributed by atoms with Crippen LogP contribution in [-0.4, -0.2) is 4.98 Å². The van der Waals surface area contributed by atoms with Crippen LogP contribution in [-0.2, 0) is 0 Å². The van der Waals surface area contributed by atoms with E-state index in [1.54, 1.807) is 0 Å². The number of hydrogen-bond acceptors (Lipinski definition) is 0. The van der Waals surface area contributed by atoms with Gasteiger partial charge >= 0.3 is 0 Å². The molecule has 0 radical (unpaired) electrons. The van der Waals surface area contributed by atoms with Gasteiger partial charge in [-0.1, -0.05) is 103 Å². The molecule has 1 heteroatoms.